The normalized spacial score (nSPS) is 23.2. The largest absolute Gasteiger partial charge is 0.481 e. The van der Waals surface area contributed by atoms with E-state index < -0.39 is 11.9 Å². The van der Waals surface area contributed by atoms with Gasteiger partial charge in [-0.1, -0.05) is 0 Å². The highest BCUT2D eigenvalue weighted by Gasteiger charge is 2.24. The van der Waals surface area contributed by atoms with E-state index in [4.69, 9.17) is 10.2 Å². The Bertz CT molecular complexity index is 285. The number of carboxylic acids is 2. The van der Waals surface area contributed by atoms with Crippen LogP contribution in [0.25, 0.3) is 0 Å². The fourth-order valence-corrected chi connectivity index (χ4v) is 3.22. The molecule has 1 aliphatic heterocycles. The van der Waals surface area contributed by atoms with Gasteiger partial charge in [-0.15, -0.1) is 11.8 Å². The highest BCUT2D eigenvalue weighted by atomic mass is 32.2. The number of hydrogen-bond acceptors (Lipinski definition) is 4. The zero-order valence-corrected chi connectivity index (χ0v) is 10.8. The number of carboxylic acid groups (broad SMARTS) is 2. The number of aliphatic carboxylic acids is 2. The molecule has 1 saturated heterocycles. The first-order valence-corrected chi connectivity index (χ1v) is 6.75. The van der Waals surface area contributed by atoms with Crippen molar-refractivity contribution in [3.05, 3.63) is 0 Å². The van der Waals surface area contributed by atoms with Crippen molar-refractivity contribution in [2.45, 2.75) is 36.7 Å². The van der Waals surface area contributed by atoms with Gasteiger partial charge in [0, 0.05) is 18.3 Å². The fourth-order valence-electron chi connectivity index (χ4n) is 1.93. The number of thioether (sulfide) groups is 1. The van der Waals surface area contributed by atoms with Gasteiger partial charge in [-0.05, 0) is 26.3 Å². The number of carbonyl (C=O) groups is 2. The molecule has 2 atom stereocenters. The summed E-state index contributed by atoms with van der Waals surface area (Å²) in [6, 6.07) is 0. The summed E-state index contributed by atoms with van der Waals surface area (Å²) in [6.07, 6.45) is 2.20. The van der Waals surface area contributed by atoms with Crippen molar-refractivity contribution in [2.24, 2.45) is 0 Å². The molecule has 0 bridgehead atoms. The molecule has 1 aliphatic rings. The SMILES string of the molecule is CC(SC1CCCN(CCC(=O)O)C1)C(=O)O. The Hall–Kier alpha value is -0.750. The molecule has 0 aromatic rings. The first kappa shape index (κ1) is 14.3. The molecular formula is C11H19NO4S. The maximum absolute atomic E-state index is 10.8. The van der Waals surface area contributed by atoms with E-state index in [9.17, 15) is 9.59 Å². The Morgan fingerprint density at radius 1 is 1.47 bits per heavy atom. The Balaban J connectivity index is 2.33. The van der Waals surface area contributed by atoms with Gasteiger partial charge in [0.2, 0.25) is 0 Å². The third kappa shape index (κ3) is 5.41. The molecule has 1 fully saturated rings. The summed E-state index contributed by atoms with van der Waals surface area (Å²) in [7, 11) is 0. The van der Waals surface area contributed by atoms with Gasteiger partial charge < -0.3 is 15.1 Å². The third-order valence-electron chi connectivity index (χ3n) is 2.85. The van der Waals surface area contributed by atoms with Gasteiger partial charge in [-0.25, -0.2) is 0 Å². The second-order valence-corrected chi connectivity index (χ2v) is 5.97. The standard InChI is InChI=1S/C11H19NO4S/c1-8(11(15)16)17-9-3-2-5-12(7-9)6-4-10(13)14/h8-9H,2-7H2,1H3,(H,13,14)(H,15,16). The van der Waals surface area contributed by atoms with Gasteiger partial charge >= 0.3 is 11.9 Å². The van der Waals surface area contributed by atoms with Crippen LogP contribution >= 0.6 is 11.8 Å². The predicted molar refractivity (Wildman–Crippen MR) is 66.4 cm³/mol. The summed E-state index contributed by atoms with van der Waals surface area (Å²) in [5.74, 6) is -1.56. The highest BCUT2D eigenvalue weighted by molar-refractivity contribution is 8.01. The molecule has 0 amide bonds. The lowest BCUT2D eigenvalue weighted by molar-refractivity contribution is -0.137. The van der Waals surface area contributed by atoms with Crippen LogP contribution < -0.4 is 0 Å². The molecule has 17 heavy (non-hydrogen) atoms. The number of piperidine rings is 1. The van der Waals surface area contributed by atoms with Gasteiger partial charge in [0.15, 0.2) is 0 Å². The van der Waals surface area contributed by atoms with Crippen LogP contribution in [0.3, 0.4) is 0 Å². The molecule has 0 aromatic heterocycles. The monoisotopic (exact) mass is 261 g/mol. The van der Waals surface area contributed by atoms with Gasteiger partial charge in [-0.2, -0.15) is 0 Å². The Morgan fingerprint density at radius 2 is 2.18 bits per heavy atom. The van der Waals surface area contributed by atoms with Gasteiger partial charge in [0.05, 0.1) is 11.7 Å². The molecular weight excluding hydrogens is 242 g/mol. The van der Waals surface area contributed by atoms with Crippen molar-refractivity contribution in [3.63, 3.8) is 0 Å². The van der Waals surface area contributed by atoms with Crippen LogP contribution in [0.4, 0.5) is 0 Å². The molecule has 1 rings (SSSR count). The molecule has 0 radical (unpaired) electrons. The van der Waals surface area contributed by atoms with Crippen LogP contribution in [0.5, 0.6) is 0 Å². The van der Waals surface area contributed by atoms with Crippen LogP contribution in [0.15, 0.2) is 0 Å². The van der Waals surface area contributed by atoms with Crippen LogP contribution in [0.1, 0.15) is 26.2 Å². The zero-order valence-electron chi connectivity index (χ0n) is 9.96. The molecule has 0 aromatic carbocycles. The van der Waals surface area contributed by atoms with Gasteiger partial charge in [-0.3, -0.25) is 9.59 Å². The molecule has 5 nitrogen and oxygen atoms in total. The van der Waals surface area contributed by atoms with E-state index in [1.165, 1.54) is 11.8 Å². The lowest BCUT2D eigenvalue weighted by Gasteiger charge is -2.32. The van der Waals surface area contributed by atoms with Crippen molar-refractivity contribution in [3.8, 4) is 0 Å². The Morgan fingerprint density at radius 3 is 2.76 bits per heavy atom. The first-order chi connectivity index (χ1) is 7.99. The van der Waals surface area contributed by atoms with E-state index in [0.29, 0.717) is 11.8 Å². The number of likely N-dealkylation sites (tertiary alicyclic amines) is 1. The molecule has 2 unspecified atom stereocenters. The maximum Gasteiger partial charge on any atom is 0.316 e. The number of rotatable bonds is 6. The predicted octanol–water partition coefficient (Wildman–Crippen LogP) is 1.13. The molecule has 6 heteroatoms. The summed E-state index contributed by atoms with van der Waals surface area (Å²) in [4.78, 5) is 23.4. The minimum atomic E-state index is -0.780. The van der Waals surface area contributed by atoms with Crippen LogP contribution in [0, 0.1) is 0 Å². The quantitative estimate of drug-likeness (QED) is 0.746. The summed E-state index contributed by atoms with van der Waals surface area (Å²) >= 11 is 1.48. The van der Waals surface area contributed by atoms with Crippen molar-refractivity contribution in [2.75, 3.05) is 19.6 Å². The number of nitrogens with zero attached hydrogens (tertiary/aromatic N) is 1. The molecule has 1 heterocycles. The molecule has 2 N–H and O–H groups in total. The van der Waals surface area contributed by atoms with Crippen molar-refractivity contribution in [1.29, 1.82) is 0 Å². The van der Waals surface area contributed by atoms with Crippen molar-refractivity contribution < 1.29 is 19.8 Å². The minimum Gasteiger partial charge on any atom is -0.481 e. The van der Waals surface area contributed by atoms with E-state index in [1.54, 1.807) is 6.92 Å². The smallest absolute Gasteiger partial charge is 0.316 e. The van der Waals surface area contributed by atoms with Crippen molar-refractivity contribution >= 4 is 23.7 Å². The second kappa shape index (κ2) is 6.86. The minimum absolute atomic E-state index is 0.159. The number of hydrogen-bond donors (Lipinski definition) is 2. The molecule has 0 saturated carbocycles. The lowest BCUT2D eigenvalue weighted by Crippen LogP contribution is -2.39. The topological polar surface area (TPSA) is 77.8 Å². The van der Waals surface area contributed by atoms with E-state index in [2.05, 4.69) is 4.90 Å². The van der Waals surface area contributed by atoms with E-state index in [1.807, 2.05) is 0 Å². The summed E-state index contributed by atoms with van der Waals surface area (Å²) in [5.41, 5.74) is 0. The second-order valence-electron chi connectivity index (χ2n) is 4.33. The van der Waals surface area contributed by atoms with E-state index in [0.717, 1.165) is 25.9 Å². The zero-order chi connectivity index (χ0) is 12.8. The Kier molecular flexibility index (Phi) is 5.77. The summed E-state index contributed by atoms with van der Waals surface area (Å²) in [6.45, 7) is 3.98. The Labute approximate surface area is 105 Å². The van der Waals surface area contributed by atoms with Crippen LogP contribution in [0.2, 0.25) is 0 Å². The van der Waals surface area contributed by atoms with Crippen LogP contribution in [-0.4, -0.2) is 57.2 Å². The lowest BCUT2D eigenvalue weighted by atomic mass is 10.1. The van der Waals surface area contributed by atoms with Crippen molar-refractivity contribution in [1.82, 2.24) is 4.90 Å². The molecule has 0 spiro atoms. The molecule has 98 valence electrons. The average Bonchev–Trinajstić information content (AvgIpc) is 2.26. The average molecular weight is 261 g/mol. The third-order valence-corrected chi connectivity index (χ3v) is 4.23. The first-order valence-electron chi connectivity index (χ1n) is 5.81. The van der Waals surface area contributed by atoms with E-state index >= 15 is 0 Å². The van der Waals surface area contributed by atoms with E-state index in [-0.39, 0.29) is 11.7 Å². The highest BCUT2D eigenvalue weighted by Crippen LogP contribution is 2.26. The fraction of sp³-hybridized carbons (Fsp3) is 0.818. The van der Waals surface area contributed by atoms with Gasteiger partial charge in [0.1, 0.15) is 0 Å². The maximum atomic E-state index is 10.8. The summed E-state index contributed by atoms with van der Waals surface area (Å²) < 4.78 is 0. The summed E-state index contributed by atoms with van der Waals surface area (Å²) in [5, 5.41) is 17.4. The van der Waals surface area contributed by atoms with Crippen LogP contribution in [-0.2, 0) is 9.59 Å². The van der Waals surface area contributed by atoms with Gasteiger partial charge in [0.25, 0.3) is 0 Å². The molecule has 0 aliphatic carbocycles.